The van der Waals surface area contributed by atoms with Crippen LogP contribution in [0, 0.1) is 0 Å². The lowest BCUT2D eigenvalue weighted by Gasteiger charge is -2.35. The Hall–Kier alpha value is -0.520. The maximum atomic E-state index is 11.6. The van der Waals surface area contributed by atoms with Gasteiger partial charge in [-0.3, -0.25) is 0 Å². The van der Waals surface area contributed by atoms with E-state index in [1.54, 1.807) is 0 Å². The summed E-state index contributed by atoms with van der Waals surface area (Å²) in [5.41, 5.74) is 5.20. The molecule has 1 heterocycles. The van der Waals surface area contributed by atoms with Crippen LogP contribution in [0.4, 0.5) is 4.79 Å². The number of hydrogen-bond donors (Lipinski definition) is 2. The molecule has 16 heavy (non-hydrogen) atoms. The Balaban J connectivity index is 0.00000225. The van der Waals surface area contributed by atoms with Gasteiger partial charge in [-0.25, -0.2) is 4.79 Å². The highest BCUT2D eigenvalue weighted by atomic mass is 35.5. The molecule has 0 aliphatic carbocycles. The second-order valence-electron chi connectivity index (χ2n) is 5.03. The monoisotopic (exact) mass is 252 g/mol. The molecule has 0 aromatic heterocycles. The zero-order valence-electron chi connectivity index (χ0n) is 9.97. The topological polar surface area (TPSA) is 75.8 Å². The van der Waals surface area contributed by atoms with Gasteiger partial charge in [0.05, 0.1) is 12.6 Å². The molecular formula is C10H21ClN2O3. The van der Waals surface area contributed by atoms with Crippen LogP contribution in [-0.4, -0.2) is 46.9 Å². The minimum atomic E-state index is -0.540. The van der Waals surface area contributed by atoms with E-state index >= 15 is 0 Å². The van der Waals surface area contributed by atoms with Crippen molar-refractivity contribution in [3.05, 3.63) is 0 Å². The van der Waals surface area contributed by atoms with Gasteiger partial charge in [0.15, 0.2) is 0 Å². The quantitative estimate of drug-likeness (QED) is 0.667. The fourth-order valence-corrected chi connectivity index (χ4v) is 1.59. The molecule has 0 aromatic carbocycles. The fraction of sp³-hybridized carbons (Fsp3) is 0.900. The SMILES string of the molecule is CC(C)(C)OC(=O)N1C[C@H](N)C[C@H](O)C1.Cl. The Morgan fingerprint density at radius 3 is 2.44 bits per heavy atom. The van der Waals surface area contributed by atoms with Crippen molar-refractivity contribution in [1.29, 1.82) is 0 Å². The van der Waals surface area contributed by atoms with Crippen molar-refractivity contribution >= 4 is 18.5 Å². The Morgan fingerprint density at radius 2 is 2.00 bits per heavy atom. The second-order valence-corrected chi connectivity index (χ2v) is 5.03. The number of aliphatic hydroxyl groups excluding tert-OH is 1. The van der Waals surface area contributed by atoms with Crippen LogP contribution in [-0.2, 0) is 4.74 Å². The van der Waals surface area contributed by atoms with E-state index in [1.807, 2.05) is 20.8 Å². The summed E-state index contributed by atoms with van der Waals surface area (Å²) in [4.78, 5) is 13.1. The number of β-amino-alcohol motifs (C(OH)–C–C–N with tert-alkyl or cyclic N) is 1. The lowest BCUT2D eigenvalue weighted by molar-refractivity contribution is 0.000482. The van der Waals surface area contributed by atoms with Crippen molar-refractivity contribution in [2.24, 2.45) is 5.73 Å². The van der Waals surface area contributed by atoms with Gasteiger partial charge in [0.2, 0.25) is 0 Å². The molecule has 6 heteroatoms. The zero-order valence-corrected chi connectivity index (χ0v) is 10.8. The van der Waals surface area contributed by atoms with Crippen LogP contribution >= 0.6 is 12.4 Å². The maximum Gasteiger partial charge on any atom is 0.410 e. The minimum Gasteiger partial charge on any atom is -0.444 e. The molecule has 1 amide bonds. The smallest absolute Gasteiger partial charge is 0.410 e. The van der Waals surface area contributed by atoms with Gasteiger partial charge >= 0.3 is 6.09 Å². The lowest BCUT2D eigenvalue weighted by atomic mass is 10.0. The van der Waals surface area contributed by atoms with Gasteiger partial charge < -0.3 is 20.5 Å². The van der Waals surface area contributed by atoms with Gasteiger partial charge in [-0.1, -0.05) is 0 Å². The Bertz CT molecular complexity index is 233. The lowest BCUT2D eigenvalue weighted by Crippen LogP contribution is -2.52. The summed E-state index contributed by atoms with van der Waals surface area (Å²) in [6.07, 6.45) is -0.405. The molecule has 1 rings (SSSR count). The van der Waals surface area contributed by atoms with Gasteiger partial charge in [-0.15, -0.1) is 12.4 Å². The summed E-state index contributed by atoms with van der Waals surface area (Å²) < 4.78 is 5.19. The van der Waals surface area contributed by atoms with Crippen molar-refractivity contribution in [3.8, 4) is 0 Å². The first-order valence-corrected chi connectivity index (χ1v) is 5.19. The maximum absolute atomic E-state index is 11.6. The van der Waals surface area contributed by atoms with Gasteiger partial charge in [0.25, 0.3) is 0 Å². The molecule has 0 saturated carbocycles. The number of carbonyl (C=O) groups excluding carboxylic acids is 1. The van der Waals surface area contributed by atoms with Gasteiger partial charge in [-0.05, 0) is 27.2 Å². The molecule has 1 aliphatic rings. The number of aliphatic hydroxyl groups is 1. The summed E-state index contributed by atoms with van der Waals surface area (Å²) in [6.45, 7) is 6.19. The van der Waals surface area contributed by atoms with Crippen molar-refractivity contribution in [2.75, 3.05) is 13.1 Å². The molecule has 0 aromatic rings. The van der Waals surface area contributed by atoms with Crippen LogP contribution in [0.3, 0.4) is 0 Å². The summed E-state index contributed by atoms with van der Waals surface area (Å²) in [7, 11) is 0. The molecule has 1 saturated heterocycles. The largest absolute Gasteiger partial charge is 0.444 e. The Morgan fingerprint density at radius 1 is 1.44 bits per heavy atom. The average molecular weight is 253 g/mol. The average Bonchev–Trinajstić information content (AvgIpc) is 1.98. The number of nitrogens with zero attached hydrogens (tertiary/aromatic N) is 1. The Kier molecular flexibility index (Phi) is 5.52. The number of rotatable bonds is 0. The van der Waals surface area contributed by atoms with Crippen LogP contribution in [0.5, 0.6) is 0 Å². The van der Waals surface area contributed by atoms with Crippen LogP contribution in [0.15, 0.2) is 0 Å². The highest BCUT2D eigenvalue weighted by Crippen LogP contribution is 2.14. The van der Waals surface area contributed by atoms with E-state index in [9.17, 15) is 9.90 Å². The highest BCUT2D eigenvalue weighted by Gasteiger charge is 2.29. The Labute approximate surface area is 102 Å². The first-order chi connectivity index (χ1) is 6.78. The van der Waals surface area contributed by atoms with E-state index in [1.165, 1.54) is 4.90 Å². The van der Waals surface area contributed by atoms with Crippen LogP contribution in [0.1, 0.15) is 27.2 Å². The molecule has 0 bridgehead atoms. The molecule has 0 unspecified atom stereocenters. The number of nitrogens with two attached hydrogens (primary N) is 1. The van der Waals surface area contributed by atoms with E-state index < -0.39 is 17.8 Å². The van der Waals surface area contributed by atoms with Crippen molar-refractivity contribution in [3.63, 3.8) is 0 Å². The molecule has 2 atom stereocenters. The molecular weight excluding hydrogens is 232 g/mol. The molecule has 0 spiro atoms. The summed E-state index contributed by atoms with van der Waals surface area (Å²) in [6, 6.07) is -0.165. The predicted molar refractivity (Wildman–Crippen MR) is 63.7 cm³/mol. The third-order valence-electron chi connectivity index (χ3n) is 2.11. The molecule has 96 valence electrons. The first kappa shape index (κ1) is 15.5. The number of piperidine rings is 1. The number of carbonyl (C=O) groups is 1. The van der Waals surface area contributed by atoms with E-state index in [-0.39, 0.29) is 18.4 Å². The van der Waals surface area contributed by atoms with E-state index in [2.05, 4.69) is 0 Å². The van der Waals surface area contributed by atoms with Gasteiger partial charge in [0, 0.05) is 12.6 Å². The summed E-state index contributed by atoms with van der Waals surface area (Å²) in [5, 5.41) is 9.47. The fourth-order valence-electron chi connectivity index (χ4n) is 1.59. The van der Waals surface area contributed by atoms with Crippen LogP contribution in [0.25, 0.3) is 0 Å². The molecule has 3 N–H and O–H groups in total. The first-order valence-electron chi connectivity index (χ1n) is 5.19. The third-order valence-corrected chi connectivity index (χ3v) is 2.11. The summed E-state index contributed by atoms with van der Waals surface area (Å²) >= 11 is 0. The molecule has 5 nitrogen and oxygen atoms in total. The number of hydrogen-bond acceptors (Lipinski definition) is 4. The zero-order chi connectivity index (χ0) is 11.6. The van der Waals surface area contributed by atoms with E-state index in [4.69, 9.17) is 10.5 Å². The second kappa shape index (κ2) is 5.70. The van der Waals surface area contributed by atoms with Crippen LogP contribution in [0.2, 0.25) is 0 Å². The molecule has 0 radical (unpaired) electrons. The molecule has 1 aliphatic heterocycles. The normalized spacial score (nSPS) is 25.9. The minimum absolute atomic E-state index is 0. The predicted octanol–water partition coefficient (Wildman–Crippen LogP) is 0.737. The number of amides is 1. The number of ether oxygens (including phenoxy) is 1. The van der Waals surface area contributed by atoms with E-state index in [0.29, 0.717) is 19.5 Å². The van der Waals surface area contributed by atoms with Crippen molar-refractivity contribution in [1.82, 2.24) is 4.90 Å². The van der Waals surface area contributed by atoms with Crippen molar-refractivity contribution < 1.29 is 14.6 Å². The number of likely N-dealkylation sites (tertiary alicyclic amines) is 1. The van der Waals surface area contributed by atoms with E-state index in [0.717, 1.165) is 0 Å². The standard InChI is InChI=1S/C10H20N2O3.ClH/c1-10(2,3)15-9(14)12-5-7(11)4-8(13)6-12;/h7-8,13H,4-6,11H2,1-3H3;1H/t7-,8+;/m1./s1. The highest BCUT2D eigenvalue weighted by molar-refractivity contribution is 5.85. The van der Waals surface area contributed by atoms with Gasteiger partial charge in [0.1, 0.15) is 5.60 Å². The number of halogens is 1. The summed E-state index contributed by atoms with van der Waals surface area (Å²) in [5.74, 6) is 0. The van der Waals surface area contributed by atoms with Crippen LogP contribution < -0.4 is 5.73 Å². The van der Waals surface area contributed by atoms with Gasteiger partial charge in [-0.2, -0.15) is 0 Å². The third kappa shape index (κ3) is 5.01. The van der Waals surface area contributed by atoms with Crippen molar-refractivity contribution in [2.45, 2.75) is 44.9 Å². The molecule has 1 fully saturated rings.